The number of hydrogen-bond donors (Lipinski definition) is 2. The van der Waals surface area contributed by atoms with Crippen LogP contribution in [0.2, 0.25) is 0 Å². The molecule has 4 rings (SSSR count). The second-order valence-electron chi connectivity index (χ2n) is 7.96. The number of ether oxygens (including phenoxy) is 2. The lowest BCUT2D eigenvalue weighted by atomic mass is 9.93. The molecule has 0 atom stereocenters. The van der Waals surface area contributed by atoms with E-state index in [9.17, 15) is 14.3 Å². The highest BCUT2D eigenvalue weighted by atomic mass is 35.5. The molecule has 0 aromatic heterocycles. The smallest absolute Gasteiger partial charge is 0.227 e. The Kier molecular flexibility index (Phi) is 7.41. The summed E-state index contributed by atoms with van der Waals surface area (Å²) in [5.74, 6) is 0.693. The van der Waals surface area contributed by atoms with Crippen molar-refractivity contribution in [1.82, 2.24) is 5.32 Å². The highest BCUT2D eigenvalue weighted by Crippen LogP contribution is 2.38. The van der Waals surface area contributed by atoms with Gasteiger partial charge >= 0.3 is 0 Å². The third kappa shape index (κ3) is 5.11. The van der Waals surface area contributed by atoms with Crippen molar-refractivity contribution in [1.29, 1.82) is 0 Å². The normalized spacial score (nSPS) is 17.5. The Morgan fingerprint density at radius 3 is 2.52 bits per heavy atom. The number of fused-ring (bicyclic) bond motifs is 1. The number of nitrogens with zero attached hydrogens (tertiary/aromatic N) is 1. The molecule has 0 spiro atoms. The van der Waals surface area contributed by atoms with E-state index in [0.717, 1.165) is 24.4 Å². The van der Waals surface area contributed by atoms with Gasteiger partial charge in [0.15, 0.2) is 0 Å². The molecule has 1 fully saturated rings. The van der Waals surface area contributed by atoms with Gasteiger partial charge in [-0.05, 0) is 62.2 Å². The van der Waals surface area contributed by atoms with Crippen LogP contribution in [0.15, 0.2) is 36.4 Å². The molecule has 2 aliphatic rings. The lowest BCUT2D eigenvalue weighted by Gasteiger charge is -2.34. The minimum absolute atomic E-state index is 0. The first-order valence-electron chi connectivity index (χ1n) is 10.3. The number of benzene rings is 2. The average Bonchev–Trinajstić information content (AvgIpc) is 2.76. The van der Waals surface area contributed by atoms with Gasteiger partial charge in [0.2, 0.25) is 5.91 Å². The number of nitrogens with one attached hydrogen (secondary N) is 1. The van der Waals surface area contributed by atoms with Gasteiger partial charge in [-0.25, -0.2) is 4.39 Å². The van der Waals surface area contributed by atoms with Crippen molar-refractivity contribution in [2.24, 2.45) is 0 Å². The van der Waals surface area contributed by atoms with Crippen LogP contribution < -0.4 is 19.7 Å². The number of amides is 1. The van der Waals surface area contributed by atoms with Crippen LogP contribution in [-0.2, 0) is 17.8 Å². The maximum atomic E-state index is 14.8. The molecule has 0 saturated carbocycles. The van der Waals surface area contributed by atoms with E-state index in [1.165, 1.54) is 11.0 Å². The molecule has 0 aliphatic carbocycles. The van der Waals surface area contributed by atoms with Crippen molar-refractivity contribution in [2.75, 3.05) is 31.7 Å². The zero-order chi connectivity index (χ0) is 21.1. The third-order valence-electron chi connectivity index (χ3n) is 5.88. The number of carbonyl (C=O) groups is 1. The Hall–Kier alpha value is -2.35. The summed E-state index contributed by atoms with van der Waals surface area (Å²) in [6.45, 7) is 1.90. The van der Waals surface area contributed by atoms with Gasteiger partial charge in [0, 0.05) is 12.0 Å². The van der Waals surface area contributed by atoms with Crippen LogP contribution in [0, 0.1) is 5.82 Å². The highest BCUT2D eigenvalue weighted by Gasteiger charge is 2.33. The Morgan fingerprint density at radius 1 is 1.13 bits per heavy atom. The van der Waals surface area contributed by atoms with Crippen LogP contribution in [-0.4, -0.2) is 43.4 Å². The molecule has 168 valence electrons. The lowest BCUT2D eigenvalue weighted by molar-refractivity contribution is -0.119. The van der Waals surface area contributed by atoms with Crippen LogP contribution in [0.1, 0.15) is 30.4 Å². The Morgan fingerprint density at radius 2 is 1.84 bits per heavy atom. The third-order valence-corrected chi connectivity index (χ3v) is 5.88. The number of halogens is 2. The zero-order valence-corrected chi connectivity index (χ0v) is 18.3. The molecule has 31 heavy (non-hydrogen) atoms. The largest absolute Gasteiger partial charge is 0.497 e. The summed E-state index contributed by atoms with van der Waals surface area (Å²) in [4.78, 5) is 14.1. The van der Waals surface area contributed by atoms with Gasteiger partial charge in [-0.2, -0.15) is 0 Å². The second-order valence-corrected chi connectivity index (χ2v) is 7.96. The molecule has 0 unspecified atom stereocenters. The lowest BCUT2D eigenvalue weighted by Crippen LogP contribution is -2.46. The van der Waals surface area contributed by atoms with Gasteiger partial charge in [0.1, 0.15) is 29.5 Å². The van der Waals surface area contributed by atoms with Gasteiger partial charge in [-0.1, -0.05) is 12.1 Å². The van der Waals surface area contributed by atoms with E-state index in [2.05, 4.69) is 5.32 Å². The molecule has 1 saturated heterocycles. The Labute approximate surface area is 187 Å². The number of aliphatic hydroxyl groups is 1. The number of piperidine rings is 1. The molecular formula is C23H28ClFN2O4. The summed E-state index contributed by atoms with van der Waals surface area (Å²) in [7, 11) is 1.59. The number of hydrogen-bond acceptors (Lipinski definition) is 5. The molecule has 2 aromatic carbocycles. The van der Waals surface area contributed by atoms with Crippen LogP contribution in [0.4, 0.5) is 10.1 Å². The summed E-state index contributed by atoms with van der Waals surface area (Å²) in [5.41, 5.74) is 0.948. The van der Waals surface area contributed by atoms with Crippen LogP contribution >= 0.6 is 12.4 Å². The Balaban J connectivity index is 0.00000272. The maximum absolute atomic E-state index is 14.8. The molecule has 2 aromatic rings. The minimum Gasteiger partial charge on any atom is -0.497 e. The topological polar surface area (TPSA) is 71.0 Å². The predicted molar refractivity (Wildman–Crippen MR) is 119 cm³/mol. The summed E-state index contributed by atoms with van der Waals surface area (Å²) >= 11 is 0. The van der Waals surface area contributed by atoms with E-state index < -0.39 is 11.4 Å². The van der Waals surface area contributed by atoms with Crippen molar-refractivity contribution in [2.45, 2.75) is 37.8 Å². The van der Waals surface area contributed by atoms with Gasteiger partial charge < -0.3 is 24.8 Å². The zero-order valence-electron chi connectivity index (χ0n) is 17.5. The first-order valence-corrected chi connectivity index (χ1v) is 10.3. The summed E-state index contributed by atoms with van der Waals surface area (Å²) in [6.07, 6.45) is 1.93. The minimum atomic E-state index is -0.889. The number of carbonyl (C=O) groups excluding carboxylic acids is 1. The number of rotatable bonds is 6. The first kappa shape index (κ1) is 23.3. The fraction of sp³-hybridized carbons (Fsp3) is 0.435. The fourth-order valence-electron chi connectivity index (χ4n) is 4.08. The predicted octanol–water partition coefficient (Wildman–Crippen LogP) is 3.23. The van der Waals surface area contributed by atoms with Gasteiger partial charge in [0.25, 0.3) is 0 Å². The molecular weight excluding hydrogens is 423 g/mol. The van der Waals surface area contributed by atoms with Gasteiger partial charge in [-0.15, -0.1) is 12.4 Å². The van der Waals surface area contributed by atoms with E-state index in [4.69, 9.17) is 9.47 Å². The molecule has 1 amide bonds. The van der Waals surface area contributed by atoms with Crippen molar-refractivity contribution >= 4 is 24.0 Å². The fourth-order valence-corrected chi connectivity index (χ4v) is 4.08. The summed E-state index contributed by atoms with van der Waals surface area (Å²) in [6, 6.07) is 10.3. The molecule has 2 N–H and O–H groups in total. The summed E-state index contributed by atoms with van der Waals surface area (Å²) < 4.78 is 26.0. The monoisotopic (exact) mass is 450 g/mol. The Bertz CT molecular complexity index is 917. The molecule has 0 bridgehead atoms. The van der Waals surface area contributed by atoms with Crippen LogP contribution in [0.25, 0.3) is 0 Å². The van der Waals surface area contributed by atoms with Crippen molar-refractivity contribution in [3.63, 3.8) is 0 Å². The van der Waals surface area contributed by atoms with Gasteiger partial charge in [0.05, 0.1) is 19.3 Å². The van der Waals surface area contributed by atoms with E-state index in [-0.39, 0.29) is 43.6 Å². The van der Waals surface area contributed by atoms with E-state index in [1.54, 1.807) is 13.2 Å². The van der Waals surface area contributed by atoms with E-state index in [1.807, 2.05) is 24.3 Å². The molecule has 0 radical (unpaired) electrons. The van der Waals surface area contributed by atoms with E-state index >= 15 is 0 Å². The number of methoxy groups -OCH3 is 1. The van der Waals surface area contributed by atoms with Crippen molar-refractivity contribution < 1.29 is 23.8 Å². The molecule has 2 aliphatic heterocycles. The molecule has 6 nitrogen and oxygen atoms in total. The van der Waals surface area contributed by atoms with E-state index in [0.29, 0.717) is 30.6 Å². The quantitative estimate of drug-likeness (QED) is 0.707. The SMILES string of the molecule is COc1ccc(CN2C(=O)CCc3c(OCC4(O)CCNCC4)ccc(F)c32)cc1.Cl. The van der Waals surface area contributed by atoms with Crippen molar-refractivity contribution in [3.05, 3.63) is 53.3 Å². The maximum Gasteiger partial charge on any atom is 0.227 e. The summed E-state index contributed by atoms with van der Waals surface area (Å²) in [5, 5.41) is 13.9. The standard InChI is InChI=1S/C23H27FN2O4.ClH/c1-29-17-4-2-16(3-5-17)14-26-21(27)9-6-18-20(8-7-19(24)22(18)26)30-15-23(28)10-12-25-13-11-23;/h2-5,7-8,25,28H,6,9-15H2,1H3;1H. The van der Waals surface area contributed by atoms with Crippen LogP contribution in [0.5, 0.6) is 11.5 Å². The molecule has 8 heteroatoms. The average molecular weight is 451 g/mol. The molecule has 2 heterocycles. The number of anilines is 1. The second kappa shape index (κ2) is 9.85. The van der Waals surface area contributed by atoms with Crippen molar-refractivity contribution in [3.8, 4) is 11.5 Å². The highest BCUT2D eigenvalue weighted by molar-refractivity contribution is 5.97. The van der Waals surface area contributed by atoms with Gasteiger partial charge in [-0.3, -0.25) is 4.79 Å². The first-order chi connectivity index (χ1) is 14.5. The van der Waals surface area contributed by atoms with Crippen LogP contribution in [0.3, 0.4) is 0 Å².